The summed E-state index contributed by atoms with van der Waals surface area (Å²) in [6.45, 7) is 8.76. The number of ether oxygens (including phenoxy) is 1. The number of carboxylic acids is 1. The van der Waals surface area contributed by atoms with Crippen LogP contribution < -0.4 is 0 Å². The summed E-state index contributed by atoms with van der Waals surface area (Å²) in [5, 5.41) is 13.0. The van der Waals surface area contributed by atoms with E-state index in [0.29, 0.717) is 37.2 Å². The predicted molar refractivity (Wildman–Crippen MR) is 76.7 cm³/mol. The number of nitrogens with zero attached hydrogens (tertiary/aromatic N) is 3. The van der Waals surface area contributed by atoms with Crippen molar-refractivity contribution in [2.24, 2.45) is 5.92 Å². The van der Waals surface area contributed by atoms with Crippen LogP contribution in [0, 0.1) is 5.92 Å². The van der Waals surface area contributed by atoms with E-state index in [0.717, 1.165) is 0 Å². The summed E-state index contributed by atoms with van der Waals surface area (Å²) in [5.41, 5.74) is 0. The molecule has 120 valence electrons. The summed E-state index contributed by atoms with van der Waals surface area (Å²) in [7, 11) is 1.73. The molecule has 0 bridgehead atoms. The molecule has 1 N–H and O–H groups in total. The molecule has 2 atom stereocenters. The number of likely N-dealkylation sites (N-methyl/N-ethyl adjacent to an activating group) is 1. The second kappa shape index (κ2) is 8.09. The zero-order valence-corrected chi connectivity index (χ0v) is 13.4. The van der Waals surface area contributed by atoms with Gasteiger partial charge in [0.15, 0.2) is 5.82 Å². The van der Waals surface area contributed by atoms with Crippen LogP contribution in [0.25, 0.3) is 0 Å². The normalized spacial score (nSPS) is 14.6. The van der Waals surface area contributed by atoms with E-state index in [9.17, 15) is 4.79 Å². The van der Waals surface area contributed by atoms with Crippen LogP contribution >= 0.6 is 0 Å². The number of carbonyl (C=O) groups is 1. The molecule has 0 spiro atoms. The Labute approximate surface area is 125 Å². The fourth-order valence-corrected chi connectivity index (χ4v) is 1.91. The Hall–Kier alpha value is -1.47. The van der Waals surface area contributed by atoms with E-state index in [1.54, 1.807) is 11.9 Å². The largest absolute Gasteiger partial charge is 0.480 e. The van der Waals surface area contributed by atoms with Crippen LogP contribution in [0.1, 0.15) is 51.9 Å². The molecule has 7 heteroatoms. The molecule has 0 radical (unpaired) electrons. The molecule has 2 unspecified atom stereocenters. The van der Waals surface area contributed by atoms with Crippen molar-refractivity contribution in [2.75, 3.05) is 13.7 Å². The van der Waals surface area contributed by atoms with E-state index in [2.05, 4.69) is 24.0 Å². The summed E-state index contributed by atoms with van der Waals surface area (Å²) in [4.78, 5) is 17.0. The summed E-state index contributed by atoms with van der Waals surface area (Å²) in [6, 6.07) is -0.560. The van der Waals surface area contributed by atoms with E-state index < -0.39 is 12.0 Å². The standard InChI is InChI=1S/C14H25N3O4/c1-6-11(14(18)19)17(5)7-12-15-13(16-21-12)10(4)20-8-9(2)3/h9-11H,6-8H2,1-5H3,(H,18,19). The molecular formula is C14H25N3O4. The van der Waals surface area contributed by atoms with Gasteiger partial charge in [-0.15, -0.1) is 0 Å². The van der Waals surface area contributed by atoms with Gasteiger partial charge in [0.05, 0.1) is 6.54 Å². The van der Waals surface area contributed by atoms with Gasteiger partial charge in [0.1, 0.15) is 12.1 Å². The highest BCUT2D eigenvalue weighted by atomic mass is 16.5. The van der Waals surface area contributed by atoms with Crippen LogP contribution in [-0.2, 0) is 16.1 Å². The second-order valence-electron chi connectivity index (χ2n) is 5.59. The van der Waals surface area contributed by atoms with Crippen LogP contribution in [0.4, 0.5) is 0 Å². The van der Waals surface area contributed by atoms with Crippen LogP contribution in [0.3, 0.4) is 0 Å². The molecule has 1 rings (SSSR count). The average molecular weight is 299 g/mol. The number of rotatable bonds is 9. The summed E-state index contributed by atoms with van der Waals surface area (Å²) < 4.78 is 10.8. The van der Waals surface area contributed by atoms with Gasteiger partial charge in [-0.05, 0) is 26.3 Å². The molecule has 0 aliphatic heterocycles. The van der Waals surface area contributed by atoms with Gasteiger partial charge in [0.25, 0.3) is 0 Å². The number of carboxylic acid groups (broad SMARTS) is 1. The van der Waals surface area contributed by atoms with Gasteiger partial charge >= 0.3 is 5.97 Å². The lowest BCUT2D eigenvalue weighted by Crippen LogP contribution is -2.37. The van der Waals surface area contributed by atoms with E-state index >= 15 is 0 Å². The van der Waals surface area contributed by atoms with Gasteiger partial charge in [0.2, 0.25) is 5.89 Å². The summed E-state index contributed by atoms with van der Waals surface area (Å²) in [5.74, 6) is 0.467. The minimum absolute atomic E-state index is 0.239. The molecule has 21 heavy (non-hydrogen) atoms. The quantitative estimate of drug-likeness (QED) is 0.746. The van der Waals surface area contributed by atoms with E-state index in [1.807, 2.05) is 13.8 Å². The van der Waals surface area contributed by atoms with Gasteiger partial charge in [-0.25, -0.2) is 0 Å². The molecule has 7 nitrogen and oxygen atoms in total. The molecule has 0 amide bonds. The predicted octanol–water partition coefficient (Wildman–Crippen LogP) is 2.10. The smallest absolute Gasteiger partial charge is 0.320 e. The first-order valence-corrected chi connectivity index (χ1v) is 7.22. The van der Waals surface area contributed by atoms with Crippen LogP contribution in [0.2, 0.25) is 0 Å². The zero-order valence-electron chi connectivity index (χ0n) is 13.4. The van der Waals surface area contributed by atoms with Crippen molar-refractivity contribution in [1.29, 1.82) is 0 Å². The van der Waals surface area contributed by atoms with Crippen LogP contribution in [0.5, 0.6) is 0 Å². The molecule has 1 aromatic heterocycles. The first kappa shape index (κ1) is 17.6. The lowest BCUT2D eigenvalue weighted by atomic mass is 10.2. The maximum atomic E-state index is 11.1. The molecule has 0 aliphatic rings. The second-order valence-corrected chi connectivity index (χ2v) is 5.59. The Balaban J connectivity index is 2.60. The summed E-state index contributed by atoms with van der Waals surface area (Å²) >= 11 is 0. The third kappa shape index (κ3) is 5.43. The SMILES string of the molecule is CCC(C(=O)O)N(C)Cc1nc(C(C)OCC(C)C)no1. The number of aromatic nitrogens is 2. The lowest BCUT2D eigenvalue weighted by Gasteiger charge is -2.21. The zero-order chi connectivity index (χ0) is 16.0. The number of hydrogen-bond acceptors (Lipinski definition) is 6. The monoisotopic (exact) mass is 299 g/mol. The van der Waals surface area contributed by atoms with Crippen molar-refractivity contribution >= 4 is 5.97 Å². The molecule has 0 aromatic carbocycles. The molecule has 0 fully saturated rings. The summed E-state index contributed by atoms with van der Waals surface area (Å²) in [6.07, 6.45) is 0.275. The maximum Gasteiger partial charge on any atom is 0.320 e. The van der Waals surface area contributed by atoms with Gasteiger partial charge in [0, 0.05) is 6.61 Å². The highest BCUT2D eigenvalue weighted by Gasteiger charge is 2.23. The van der Waals surface area contributed by atoms with Crippen molar-refractivity contribution in [3.63, 3.8) is 0 Å². The lowest BCUT2D eigenvalue weighted by molar-refractivity contribution is -0.143. The van der Waals surface area contributed by atoms with E-state index in [-0.39, 0.29) is 6.10 Å². The van der Waals surface area contributed by atoms with Crippen molar-refractivity contribution in [2.45, 2.75) is 52.8 Å². The maximum absolute atomic E-state index is 11.1. The Morgan fingerprint density at radius 2 is 2.10 bits per heavy atom. The number of hydrogen-bond donors (Lipinski definition) is 1. The number of aliphatic carboxylic acids is 1. The fourth-order valence-electron chi connectivity index (χ4n) is 1.91. The fraction of sp³-hybridized carbons (Fsp3) is 0.786. The third-order valence-electron chi connectivity index (χ3n) is 3.12. The molecular weight excluding hydrogens is 274 g/mol. The van der Waals surface area contributed by atoms with Crippen molar-refractivity contribution in [3.05, 3.63) is 11.7 Å². The first-order valence-electron chi connectivity index (χ1n) is 7.22. The Bertz CT molecular complexity index is 447. The molecule has 0 saturated heterocycles. The highest BCUT2D eigenvalue weighted by molar-refractivity contribution is 5.73. The third-order valence-corrected chi connectivity index (χ3v) is 3.12. The van der Waals surface area contributed by atoms with Crippen LogP contribution in [-0.4, -0.2) is 45.8 Å². The van der Waals surface area contributed by atoms with E-state index in [4.69, 9.17) is 14.4 Å². The minimum atomic E-state index is -0.853. The Kier molecular flexibility index (Phi) is 6.77. The minimum Gasteiger partial charge on any atom is -0.480 e. The van der Waals surface area contributed by atoms with Crippen molar-refractivity contribution < 1.29 is 19.2 Å². The molecule has 0 aliphatic carbocycles. The topological polar surface area (TPSA) is 88.7 Å². The van der Waals surface area contributed by atoms with Gasteiger partial charge < -0.3 is 14.4 Å². The Morgan fingerprint density at radius 1 is 1.43 bits per heavy atom. The van der Waals surface area contributed by atoms with Gasteiger partial charge in [-0.3, -0.25) is 9.69 Å². The molecule has 1 aromatic rings. The molecule has 0 saturated carbocycles. The van der Waals surface area contributed by atoms with Crippen molar-refractivity contribution in [1.82, 2.24) is 15.0 Å². The van der Waals surface area contributed by atoms with Gasteiger partial charge in [-0.1, -0.05) is 25.9 Å². The molecule has 1 heterocycles. The average Bonchev–Trinajstić information content (AvgIpc) is 2.84. The van der Waals surface area contributed by atoms with Gasteiger partial charge in [-0.2, -0.15) is 4.98 Å². The van der Waals surface area contributed by atoms with Crippen molar-refractivity contribution in [3.8, 4) is 0 Å². The highest BCUT2D eigenvalue weighted by Crippen LogP contribution is 2.15. The van der Waals surface area contributed by atoms with E-state index in [1.165, 1.54) is 0 Å². The van der Waals surface area contributed by atoms with Crippen LogP contribution in [0.15, 0.2) is 4.52 Å². The Morgan fingerprint density at radius 3 is 2.62 bits per heavy atom. The first-order chi connectivity index (χ1) is 9.85.